The summed E-state index contributed by atoms with van der Waals surface area (Å²) in [5.74, 6) is -0.417. The van der Waals surface area contributed by atoms with Crippen LogP contribution in [0, 0.1) is 27.7 Å². The summed E-state index contributed by atoms with van der Waals surface area (Å²) in [6.07, 6.45) is 1.31. The Bertz CT molecular complexity index is 1420. The molecule has 1 saturated heterocycles. The largest absolute Gasteiger partial charge is 0.324 e. The zero-order valence-corrected chi connectivity index (χ0v) is 21.9. The Balaban J connectivity index is 1.65. The first-order chi connectivity index (χ1) is 17.1. The minimum absolute atomic E-state index is 0.0618. The van der Waals surface area contributed by atoms with Crippen molar-refractivity contribution >= 4 is 38.9 Å². The van der Waals surface area contributed by atoms with E-state index in [9.17, 15) is 18.0 Å². The average molecular weight is 506 g/mol. The van der Waals surface area contributed by atoms with E-state index < -0.39 is 22.5 Å². The molecule has 8 heteroatoms. The number of aryl methyl sites for hydroxylation is 4. The normalized spacial score (nSPS) is 13.7. The number of amides is 2. The molecule has 188 valence electrons. The van der Waals surface area contributed by atoms with E-state index in [0.29, 0.717) is 24.3 Å². The topological polar surface area (TPSA) is 86.8 Å². The minimum atomic E-state index is -4.01. The number of carbonyl (C=O) groups is 2. The fourth-order valence-electron chi connectivity index (χ4n) is 4.43. The summed E-state index contributed by atoms with van der Waals surface area (Å²) in [6.45, 7) is 7.82. The van der Waals surface area contributed by atoms with Gasteiger partial charge in [-0.2, -0.15) is 0 Å². The van der Waals surface area contributed by atoms with Gasteiger partial charge >= 0.3 is 0 Å². The highest BCUT2D eigenvalue weighted by Gasteiger charge is 2.29. The van der Waals surface area contributed by atoms with Gasteiger partial charge in [0.05, 0.1) is 10.6 Å². The molecule has 0 saturated carbocycles. The van der Waals surface area contributed by atoms with Gasteiger partial charge in [-0.25, -0.2) is 8.42 Å². The first-order valence-electron chi connectivity index (χ1n) is 11.9. The second-order valence-corrected chi connectivity index (χ2v) is 11.2. The molecule has 0 radical (unpaired) electrons. The maximum atomic E-state index is 13.7. The molecule has 0 aromatic heterocycles. The van der Waals surface area contributed by atoms with Crippen LogP contribution in [0.3, 0.4) is 0 Å². The van der Waals surface area contributed by atoms with Crippen molar-refractivity contribution in [3.63, 3.8) is 0 Å². The molecule has 1 aliphatic rings. The number of rotatable bonds is 7. The highest BCUT2D eigenvalue weighted by Crippen LogP contribution is 2.30. The van der Waals surface area contributed by atoms with Gasteiger partial charge < -0.3 is 10.2 Å². The molecule has 0 spiro atoms. The third-order valence-corrected chi connectivity index (χ3v) is 8.15. The molecule has 3 aromatic carbocycles. The molecule has 0 aliphatic carbocycles. The Morgan fingerprint density at radius 3 is 2.25 bits per heavy atom. The van der Waals surface area contributed by atoms with Gasteiger partial charge in [0.15, 0.2) is 0 Å². The quantitative estimate of drug-likeness (QED) is 0.496. The molecule has 1 fully saturated rings. The number of hydrogen-bond acceptors (Lipinski definition) is 4. The summed E-state index contributed by atoms with van der Waals surface area (Å²) < 4.78 is 28.5. The number of sulfonamides is 1. The third-order valence-electron chi connectivity index (χ3n) is 6.37. The predicted octanol–water partition coefficient (Wildman–Crippen LogP) is 4.88. The van der Waals surface area contributed by atoms with E-state index in [1.54, 1.807) is 47.4 Å². The summed E-state index contributed by atoms with van der Waals surface area (Å²) in [5.41, 5.74) is 5.34. The van der Waals surface area contributed by atoms with Crippen molar-refractivity contribution in [1.82, 2.24) is 0 Å². The molecular formula is C28H31N3O4S. The van der Waals surface area contributed by atoms with E-state index in [1.807, 2.05) is 45.9 Å². The number of anilines is 3. The second kappa shape index (κ2) is 10.1. The van der Waals surface area contributed by atoms with Crippen LogP contribution in [0.2, 0.25) is 0 Å². The molecular weight excluding hydrogens is 474 g/mol. The van der Waals surface area contributed by atoms with Crippen LogP contribution in [-0.4, -0.2) is 33.3 Å². The molecule has 36 heavy (non-hydrogen) atoms. The number of hydrogen-bond donors (Lipinski definition) is 1. The Morgan fingerprint density at radius 2 is 1.61 bits per heavy atom. The van der Waals surface area contributed by atoms with Gasteiger partial charge in [0.2, 0.25) is 11.8 Å². The van der Waals surface area contributed by atoms with Crippen molar-refractivity contribution in [3.05, 3.63) is 82.9 Å². The lowest BCUT2D eigenvalue weighted by Gasteiger charge is -2.26. The highest BCUT2D eigenvalue weighted by molar-refractivity contribution is 7.92. The molecule has 3 aromatic rings. The Morgan fingerprint density at radius 1 is 0.917 bits per heavy atom. The zero-order chi connectivity index (χ0) is 26.0. The third kappa shape index (κ3) is 5.28. The first kappa shape index (κ1) is 25.4. The molecule has 7 nitrogen and oxygen atoms in total. The van der Waals surface area contributed by atoms with Gasteiger partial charge in [-0.05, 0) is 75.6 Å². The SMILES string of the molecule is Cc1ccc(S(=O)(=O)N(CC(=O)Nc2ccc(C)c(N3CCCC3=O)c2)c2ccc(C)cc2C)cc1. The lowest BCUT2D eigenvalue weighted by molar-refractivity contribution is -0.117. The number of nitrogens with one attached hydrogen (secondary N) is 1. The van der Waals surface area contributed by atoms with Crippen molar-refractivity contribution in [2.24, 2.45) is 0 Å². The fraction of sp³-hybridized carbons (Fsp3) is 0.286. The second-order valence-electron chi connectivity index (χ2n) is 9.31. The van der Waals surface area contributed by atoms with Gasteiger partial charge in [-0.1, -0.05) is 41.5 Å². The first-order valence-corrected chi connectivity index (χ1v) is 13.4. The van der Waals surface area contributed by atoms with E-state index in [-0.39, 0.29) is 10.8 Å². The van der Waals surface area contributed by atoms with Crippen LogP contribution < -0.4 is 14.5 Å². The molecule has 1 heterocycles. The molecule has 2 amide bonds. The van der Waals surface area contributed by atoms with Crippen molar-refractivity contribution in [2.45, 2.75) is 45.4 Å². The minimum Gasteiger partial charge on any atom is -0.324 e. The summed E-state index contributed by atoms with van der Waals surface area (Å²) in [5, 5.41) is 2.83. The van der Waals surface area contributed by atoms with E-state index in [1.165, 1.54) is 0 Å². The number of nitrogens with zero attached hydrogens (tertiary/aromatic N) is 2. The zero-order valence-electron chi connectivity index (χ0n) is 21.0. The van der Waals surface area contributed by atoms with Crippen LogP contribution in [0.5, 0.6) is 0 Å². The maximum Gasteiger partial charge on any atom is 0.264 e. The smallest absolute Gasteiger partial charge is 0.264 e. The van der Waals surface area contributed by atoms with Crippen molar-refractivity contribution in [1.29, 1.82) is 0 Å². The molecule has 0 unspecified atom stereocenters. The Kier molecular flexibility index (Phi) is 7.17. The predicted molar refractivity (Wildman–Crippen MR) is 143 cm³/mol. The van der Waals surface area contributed by atoms with E-state index in [2.05, 4.69) is 5.32 Å². The van der Waals surface area contributed by atoms with E-state index >= 15 is 0 Å². The van der Waals surface area contributed by atoms with Crippen LogP contribution in [0.1, 0.15) is 35.1 Å². The number of carbonyl (C=O) groups excluding carboxylic acids is 2. The van der Waals surface area contributed by atoms with Gasteiger partial charge in [-0.3, -0.25) is 13.9 Å². The van der Waals surface area contributed by atoms with Crippen molar-refractivity contribution in [3.8, 4) is 0 Å². The summed E-state index contributed by atoms with van der Waals surface area (Å²) in [7, 11) is -4.01. The molecule has 0 bridgehead atoms. The van der Waals surface area contributed by atoms with Crippen LogP contribution in [0.4, 0.5) is 17.1 Å². The lowest BCUT2D eigenvalue weighted by Crippen LogP contribution is -2.38. The summed E-state index contributed by atoms with van der Waals surface area (Å²) in [6, 6.07) is 17.4. The Labute approximate surface area is 212 Å². The van der Waals surface area contributed by atoms with Crippen molar-refractivity contribution in [2.75, 3.05) is 27.6 Å². The van der Waals surface area contributed by atoms with Crippen LogP contribution in [0.25, 0.3) is 0 Å². The molecule has 0 atom stereocenters. The van der Waals surface area contributed by atoms with Crippen LogP contribution in [-0.2, 0) is 19.6 Å². The monoisotopic (exact) mass is 505 g/mol. The fourth-order valence-corrected chi connectivity index (χ4v) is 5.92. The lowest BCUT2D eigenvalue weighted by atomic mass is 10.1. The maximum absolute atomic E-state index is 13.7. The van der Waals surface area contributed by atoms with Gasteiger partial charge in [0.1, 0.15) is 6.54 Å². The molecule has 1 N–H and O–H groups in total. The highest BCUT2D eigenvalue weighted by atomic mass is 32.2. The summed E-state index contributed by atoms with van der Waals surface area (Å²) in [4.78, 5) is 27.3. The number of benzene rings is 3. The summed E-state index contributed by atoms with van der Waals surface area (Å²) >= 11 is 0. The Hall–Kier alpha value is -3.65. The molecule has 1 aliphatic heterocycles. The van der Waals surface area contributed by atoms with Gasteiger partial charge in [0, 0.05) is 24.3 Å². The van der Waals surface area contributed by atoms with E-state index in [4.69, 9.17) is 0 Å². The van der Waals surface area contributed by atoms with Crippen molar-refractivity contribution < 1.29 is 18.0 Å². The average Bonchev–Trinajstić information content (AvgIpc) is 3.25. The van der Waals surface area contributed by atoms with Crippen LogP contribution in [0.15, 0.2) is 65.6 Å². The van der Waals surface area contributed by atoms with Gasteiger partial charge in [-0.15, -0.1) is 0 Å². The van der Waals surface area contributed by atoms with Gasteiger partial charge in [0.25, 0.3) is 10.0 Å². The van der Waals surface area contributed by atoms with Crippen LogP contribution >= 0.6 is 0 Å². The van der Waals surface area contributed by atoms with E-state index in [0.717, 1.165) is 38.7 Å². The standard InChI is InChI=1S/C28H31N3O4S/c1-19-7-12-24(13-8-19)36(34,35)31(25-14-9-20(2)16-22(25)4)18-27(32)29-23-11-10-21(3)26(17-23)30-15-5-6-28(30)33/h7-14,16-17H,5-6,15,18H2,1-4H3,(H,29,32). The molecule has 4 rings (SSSR count).